The zero-order valence-corrected chi connectivity index (χ0v) is 10.0. The van der Waals surface area contributed by atoms with Crippen LogP contribution in [0.3, 0.4) is 0 Å². The van der Waals surface area contributed by atoms with Crippen LogP contribution in [-0.2, 0) is 0 Å². The third kappa shape index (κ3) is 2.86. The maximum absolute atomic E-state index is 11.4. The Balaban J connectivity index is 1.73. The van der Waals surface area contributed by atoms with Crippen LogP contribution in [0, 0.1) is 5.92 Å². The minimum absolute atomic E-state index is 0.0720. The van der Waals surface area contributed by atoms with Crippen molar-refractivity contribution in [3.8, 4) is 0 Å². The number of hydrogen-bond donors (Lipinski definition) is 2. The first-order chi connectivity index (χ1) is 7.79. The van der Waals surface area contributed by atoms with Gasteiger partial charge in [-0.25, -0.2) is 4.79 Å². The lowest BCUT2D eigenvalue weighted by Gasteiger charge is -2.29. The van der Waals surface area contributed by atoms with Gasteiger partial charge in [-0.3, -0.25) is 0 Å². The van der Waals surface area contributed by atoms with Gasteiger partial charge in [0.25, 0.3) is 0 Å². The highest BCUT2D eigenvalue weighted by molar-refractivity contribution is 5.74. The summed E-state index contributed by atoms with van der Waals surface area (Å²) in [7, 11) is 1.70. The van der Waals surface area contributed by atoms with Crippen molar-refractivity contribution >= 4 is 6.03 Å². The van der Waals surface area contributed by atoms with E-state index in [1.54, 1.807) is 7.05 Å². The summed E-state index contributed by atoms with van der Waals surface area (Å²) in [6.45, 7) is 7.49. The van der Waals surface area contributed by atoms with Crippen LogP contribution >= 0.6 is 0 Å². The van der Waals surface area contributed by atoms with E-state index in [-0.39, 0.29) is 6.03 Å². The predicted molar refractivity (Wildman–Crippen MR) is 63.4 cm³/mol. The van der Waals surface area contributed by atoms with Gasteiger partial charge >= 0.3 is 6.03 Å². The highest BCUT2D eigenvalue weighted by atomic mass is 16.2. The lowest BCUT2D eigenvalue weighted by atomic mass is 10.1. The van der Waals surface area contributed by atoms with Gasteiger partial charge in [0.05, 0.1) is 0 Å². The molecule has 0 radical (unpaired) electrons. The minimum Gasteiger partial charge on any atom is -0.341 e. The van der Waals surface area contributed by atoms with Crippen molar-refractivity contribution in [2.75, 3.05) is 52.9 Å². The van der Waals surface area contributed by atoms with Gasteiger partial charge in [0.1, 0.15) is 0 Å². The molecule has 2 heterocycles. The van der Waals surface area contributed by atoms with E-state index >= 15 is 0 Å². The van der Waals surface area contributed by atoms with Crippen LogP contribution in [0.25, 0.3) is 0 Å². The maximum atomic E-state index is 11.4. The molecule has 1 atom stereocenters. The monoisotopic (exact) mass is 226 g/mol. The fourth-order valence-corrected chi connectivity index (χ4v) is 2.58. The van der Waals surface area contributed by atoms with Gasteiger partial charge in [-0.15, -0.1) is 0 Å². The Morgan fingerprint density at radius 1 is 1.38 bits per heavy atom. The summed E-state index contributed by atoms with van der Waals surface area (Å²) in [6.07, 6.45) is 1.15. The number of urea groups is 1. The van der Waals surface area contributed by atoms with Crippen molar-refractivity contribution in [3.63, 3.8) is 0 Å². The van der Waals surface area contributed by atoms with Gasteiger partial charge in [0.2, 0.25) is 0 Å². The van der Waals surface area contributed by atoms with Crippen LogP contribution in [0.2, 0.25) is 0 Å². The van der Waals surface area contributed by atoms with Crippen LogP contribution in [0.5, 0.6) is 0 Å². The molecule has 0 aromatic heterocycles. The van der Waals surface area contributed by atoms with E-state index in [1.165, 1.54) is 0 Å². The molecule has 0 spiro atoms. The van der Waals surface area contributed by atoms with Crippen molar-refractivity contribution in [1.29, 1.82) is 0 Å². The molecule has 2 N–H and O–H groups in total. The second-order valence-electron chi connectivity index (χ2n) is 4.71. The van der Waals surface area contributed by atoms with Gasteiger partial charge in [-0.05, 0) is 12.3 Å². The fraction of sp³-hybridized carbons (Fsp3) is 0.909. The van der Waals surface area contributed by atoms with E-state index in [2.05, 4.69) is 15.5 Å². The predicted octanol–water partition coefficient (Wildman–Crippen LogP) is -0.447. The molecule has 5 heteroatoms. The van der Waals surface area contributed by atoms with E-state index < -0.39 is 0 Å². The second-order valence-corrected chi connectivity index (χ2v) is 4.71. The summed E-state index contributed by atoms with van der Waals surface area (Å²) in [5, 5.41) is 6.05. The SMILES string of the molecule is CNC(=O)N1CCC(CN2CCNCC2)C1. The largest absolute Gasteiger partial charge is 0.341 e. The Morgan fingerprint density at radius 2 is 2.12 bits per heavy atom. The zero-order valence-electron chi connectivity index (χ0n) is 10.0. The topological polar surface area (TPSA) is 47.6 Å². The molecular formula is C11H22N4O. The fourth-order valence-electron chi connectivity index (χ4n) is 2.58. The summed E-state index contributed by atoms with van der Waals surface area (Å²) in [5.41, 5.74) is 0. The summed E-state index contributed by atoms with van der Waals surface area (Å²) in [4.78, 5) is 15.9. The van der Waals surface area contributed by atoms with Crippen LogP contribution in [0.4, 0.5) is 4.79 Å². The first-order valence-corrected chi connectivity index (χ1v) is 6.19. The Morgan fingerprint density at radius 3 is 2.81 bits per heavy atom. The van der Waals surface area contributed by atoms with E-state index in [0.29, 0.717) is 5.92 Å². The molecule has 2 aliphatic rings. The van der Waals surface area contributed by atoms with Gasteiger partial charge in [0.15, 0.2) is 0 Å². The van der Waals surface area contributed by atoms with Gasteiger partial charge in [0, 0.05) is 52.9 Å². The lowest BCUT2D eigenvalue weighted by Crippen LogP contribution is -2.45. The molecule has 16 heavy (non-hydrogen) atoms. The van der Waals surface area contributed by atoms with Crippen LogP contribution in [0.1, 0.15) is 6.42 Å². The summed E-state index contributed by atoms with van der Waals surface area (Å²) in [6, 6.07) is 0.0720. The molecule has 92 valence electrons. The smallest absolute Gasteiger partial charge is 0.317 e. The molecule has 0 aliphatic carbocycles. The Bertz CT molecular complexity index is 240. The van der Waals surface area contributed by atoms with E-state index in [9.17, 15) is 4.79 Å². The van der Waals surface area contributed by atoms with E-state index in [0.717, 1.165) is 52.2 Å². The summed E-state index contributed by atoms with van der Waals surface area (Å²) in [5.74, 6) is 0.662. The first kappa shape index (κ1) is 11.7. The molecule has 1 unspecified atom stereocenters. The number of nitrogens with one attached hydrogen (secondary N) is 2. The number of hydrogen-bond acceptors (Lipinski definition) is 3. The second kappa shape index (κ2) is 5.50. The standard InChI is InChI=1S/C11H22N4O/c1-12-11(16)15-5-2-10(9-15)8-14-6-3-13-4-7-14/h10,13H,2-9H2,1H3,(H,12,16). The molecular weight excluding hydrogens is 204 g/mol. The molecule has 0 saturated carbocycles. The molecule has 0 aromatic carbocycles. The average Bonchev–Trinajstić information content (AvgIpc) is 2.78. The molecule has 0 bridgehead atoms. The van der Waals surface area contributed by atoms with Gasteiger partial charge in [-0.2, -0.15) is 0 Å². The Kier molecular flexibility index (Phi) is 4.01. The van der Waals surface area contributed by atoms with Crippen molar-refractivity contribution < 1.29 is 4.79 Å². The number of likely N-dealkylation sites (tertiary alicyclic amines) is 1. The molecule has 2 saturated heterocycles. The number of piperazine rings is 1. The van der Waals surface area contributed by atoms with Gasteiger partial charge < -0.3 is 20.4 Å². The first-order valence-electron chi connectivity index (χ1n) is 6.19. The quantitative estimate of drug-likeness (QED) is 0.670. The third-order valence-electron chi connectivity index (χ3n) is 3.51. The van der Waals surface area contributed by atoms with Crippen LogP contribution < -0.4 is 10.6 Å². The summed E-state index contributed by atoms with van der Waals surface area (Å²) < 4.78 is 0. The van der Waals surface area contributed by atoms with Crippen molar-refractivity contribution in [2.45, 2.75) is 6.42 Å². The van der Waals surface area contributed by atoms with Crippen LogP contribution in [-0.4, -0.2) is 68.7 Å². The number of carbonyl (C=O) groups is 1. The highest BCUT2D eigenvalue weighted by Gasteiger charge is 2.27. The Hall–Kier alpha value is -0.810. The maximum Gasteiger partial charge on any atom is 0.317 e. The molecule has 2 rings (SSSR count). The van der Waals surface area contributed by atoms with Crippen LogP contribution in [0.15, 0.2) is 0 Å². The number of carbonyl (C=O) groups excluding carboxylic acids is 1. The molecule has 5 nitrogen and oxygen atoms in total. The number of rotatable bonds is 2. The highest BCUT2D eigenvalue weighted by Crippen LogP contribution is 2.17. The van der Waals surface area contributed by atoms with Crippen molar-refractivity contribution in [1.82, 2.24) is 20.4 Å². The normalized spacial score (nSPS) is 27.1. The van der Waals surface area contributed by atoms with Gasteiger partial charge in [-0.1, -0.05) is 0 Å². The average molecular weight is 226 g/mol. The lowest BCUT2D eigenvalue weighted by molar-refractivity contribution is 0.195. The minimum atomic E-state index is 0.0720. The van der Waals surface area contributed by atoms with E-state index in [4.69, 9.17) is 0 Å². The molecule has 0 aromatic rings. The summed E-state index contributed by atoms with van der Waals surface area (Å²) >= 11 is 0. The van der Waals surface area contributed by atoms with E-state index in [1.807, 2.05) is 4.90 Å². The number of amides is 2. The zero-order chi connectivity index (χ0) is 11.4. The Labute approximate surface area is 97.2 Å². The van der Waals surface area contributed by atoms with Crippen molar-refractivity contribution in [2.24, 2.45) is 5.92 Å². The third-order valence-corrected chi connectivity index (χ3v) is 3.51. The molecule has 2 aliphatic heterocycles. The number of nitrogens with zero attached hydrogens (tertiary/aromatic N) is 2. The molecule has 2 amide bonds. The van der Waals surface area contributed by atoms with Crippen molar-refractivity contribution in [3.05, 3.63) is 0 Å². The molecule has 2 fully saturated rings.